The summed E-state index contributed by atoms with van der Waals surface area (Å²) in [5.74, 6) is -0.626. The van der Waals surface area contributed by atoms with E-state index in [0.717, 1.165) is 18.2 Å². The second kappa shape index (κ2) is 6.44. The largest absolute Gasteiger partial charge is 0.444 e. The molecule has 2 rings (SSSR count). The van der Waals surface area contributed by atoms with Crippen LogP contribution in [0, 0.1) is 0 Å². The Bertz CT molecular complexity index is 764. The summed E-state index contributed by atoms with van der Waals surface area (Å²) in [7, 11) is -3.55. The highest BCUT2D eigenvalue weighted by molar-refractivity contribution is 7.91. The van der Waals surface area contributed by atoms with Gasteiger partial charge in [0.25, 0.3) is 0 Å². The molecule has 0 bridgehead atoms. The van der Waals surface area contributed by atoms with Gasteiger partial charge in [0.05, 0.1) is 0 Å². The lowest BCUT2D eigenvalue weighted by Gasteiger charge is -2.22. The number of alkyl carbamates (subject to hydrolysis) is 1. The Balaban J connectivity index is 2.36. The second-order valence-corrected chi connectivity index (χ2v) is 9.67. The average Bonchev–Trinajstić information content (AvgIpc) is 3.14. The first-order valence-electron chi connectivity index (χ1n) is 8.20. The molecule has 25 heavy (non-hydrogen) atoms. The third-order valence-electron chi connectivity index (χ3n) is 4.30. The van der Waals surface area contributed by atoms with E-state index in [1.807, 2.05) is 31.2 Å². The topological polar surface area (TPSA) is 89.5 Å². The van der Waals surface area contributed by atoms with Crippen LogP contribution in [0.4, 0.5) is 4.79 Å². The summed E-state index contributed by atoms with van der Waals surface area (Å²) in [6.07, 6.45) is 1.64. The Kier molecular flexibility index (Phi) is 5.01. The van der Waals surface area contributed by atoms with Crippen molar-refractivity contribution in [1.82, 2.24) is 5.32 Å². The second-order valence-electron chi connectivity index (χ2n) is 7.50. The van der Waals surface area contributed by atoms with Gasteiger partial charge >= 0.3 is 6.09 Å². The Morgan fingerprint density at radius 3 is 2.24 bits per heavy atom. The number of benzene rings is 1. The highest BCUT2D eigenvalue weighted by Crippen LogP contribution is 2.54. The standard InChI is InChI=1S/C18H25NO5S/c1-6-12-7-9-13(10-8-12)14-15(25(5,22)23)18(14,11-20)19-16(21)24-17(2,3)4/h7-11,14-15H,6H2,1-5H3,(H,19,21)/t14-,15+,18-/m1/s1. The van der Waals surface area contributed by atoms with E-state index in [1.54, 1.807) is 20.8 Å². The van der Waals surface area contributed by atoms with Crippen LogP contribution in [0.25, 0.3) is 0 Å². The molecule has 1 N–H and O–H groups in total. The fourth-order valence-electron chi connectivity index (χ4n) is 3.19. The molecule has 0 aliphatic heterocycles. The van der Waals surface area contributed by atoms with Crippen LogP contribution < -0.4 is 5.32 Å². The Morgan fingerprint density at radius 2 is 1.84 bits per heavy atom. The number of hydrogen-bond acceptors (Lipinski definition) is 5. The predicted octanol–water partition coefficient (Wildman–Crippen LogP) is 2.22. The van der Waals surface area contributed by atoms with E-state index in [2.05, 4.69) is 5.32 Å². The molecule has 3 atom stereocenters. The number of rotatable bonds is 5. The molecule has 0 radical (unpaired) electrons. The van der Waals surface area contributed by atoms with Crippen molar-refractivity contribution in [3.05, 3.63) is 35.4 Å². The van der Waals surface area contributed by atoms with E-state index in [9.17, 15) is 18.0 Å². The molecule has 0 aromatic heterocycles. The summed E-state index contributed by atoms with van der Waals surface area (Å²) in [6.45, 7) is 7.11. The van der Waals surface area contributed by atoms with Crippen molar-refractivity contribution in [2.75, 3.05) is 6.26 Å². The van der Waals surface area contributed by atoms with E-state index >= 15 is 0 Å². The summed E-state index contributed by atoms with van der Waals surface area (Å²) >= 11 is 0. The molecule has 0 heterocycles. The number of carbonyl (C=O) groups excluding carboxylic acids is 2. The molecular weight excluding hydrogens is 342 g/mol. The molecular formula is C18H25NO5S. The van der Waals surface area contributed by atoms with Crippen molar-refractivity contribution in [2.24, 2.45) is 0 Å². The fourth-order valence-corrected chi connectivity index (χ4v) is 4.95. The molecule has 1 amide bonds. The number of aldehydes is 1. The van der Waals surface area contributed by atoms with Crippen LogP contribution in [-0.4, -0.2) is 43.4 Å². The van der Waals surface area contributed by atoms with Gasteiger partial charge in [-0.2, -0.15) is 0 Å². The maximum atomic E-state index is 12.2. The normalized spacial score (nSPS) is 26.0. The lowest BCUT2D eigenvalue weighted by atomic mass is 10.0. The minimum absolute atomic E-state index is 0.515. The molecule has 1 aliphatic carbocycles. The summed E-state index contributed by atoms with van der Waals surface area (Å²) < 4.78 is 29.6. The average molecular weight is 367 g/mol. The van der Waals surface area contributed by atoms with Crippen molar-refractivity contribution >= 4 is 22.2 Å². The first-order chi connectivity index (χ1) is 11.4. The summed E-state index contributed by atoms with van der Waals surface area (Å²) in [5, 5.41) is 1.50. The number of aryl methyl sites for hydroxylation is 1. The van der Waals surface area contributed by atoms with Gasteiger partial charge in [-0.1, -0.05) is 31.2 Å². The molecule has 1 aromatic rings. The number of hydrogen-bond donors (Lipinski definition) is 1. The molecule has 1 fully saturated rings. The third-order valence-corrected chi connectivity index (χ3v) is 5.88. The highest BCUT2D eigenvalue weighted by Gasteiger charge is 2.71. The van der Waals surface area contributed by atoms with Crippen molar-refractivity contribution in [3.8, 4) is 0 Å². The first-order valence-corrected chi connectivity index (χ1v) is 10.1. The molecule has 1 saturated carbocycles. The van der Waals surface area contributed by atoms with Gasteiger partial charge in [0, 0.05) is 12.2 Å². The van der Waals surface area contributed by atoms with Crippen LogP contribution in [0.5, 0.6) is 0 Å². The summed E-state index contributed by atoms with van der Waals surface area (Å²) in [5.41, 5.74) is -0.432. The monoisotopic (exact) mass is 367 g/mol. The molecule has 0 saturated heterocycles. The van der Waals surface area contributed by atoms with Crippen LogP contribution in [-0.2, 0) is 25.8 Å². The van der Waals surface area contributed by atoms with E-state index in [0.29, 0.717) is 11.8 Å². The first kappa shape index (κ1) is 19.4. The van der Waals surface area contributed by atoms with Gasteiger partial charge in [0.1, 0.15) is 22.7 Å². The van der Waals surface area contributed by atoms with Gasteiger partial charge in [0.15, 0.2) is 9.84 Å². The zero-order valence-electron chi connectivity index (χ0n) is 15.2. The Labute approximate surface area is 148 Å². The number of amides is 1. The number of nitrogens with one attached hydrogen (secondary N) is 1. The molecule has 1 aromatic carbocycles. The maximum Gasteiger partial charge on any atom is 0.408 e. The van der Waals surface area contributed by atoms with Gasteiger partial charge in [-0.05, 0) is 38.3 Å². The van der Waals surface area contributed by atoms with E-state index in [4.69, 9.17) is 4.74 Å². The minimum Gasteiger partial charge on any atom is -0.444 e. The lowest BCUT2D eigenvalue weighted by molar-refractivity contribution is -0.110. The SMILES string of the molecule is CCc1ccc([C@@H]2[C@H](S(C)(=O)=O)[C@]2(C=O)NC(=O)OC(C)(C)C)cc1. The Morgan fingerprint density at radius 1 is 1.28 bits per heavy atom. The molecule has 1 aliphatic rings. The molecule has 0 unspecified atom stereocenters. The van der Waals surface area contributed by atoms with Crippen molar-refractivity contribution < 1.29 is 22.7 Å². The fraction of sp³-hybridized carbons (Fsp3) is 0.556. The minimum atomic E-state index is -3.55. The van der Waals surface area contributed by atoms with Crippen LogP contribution >= 0.6 is 0 Å². The van der Waals surface area contributed by atoms with E-state index in [1.165, 1.54) is 0 Å². The van der Waals surface area contributed by atoms with Gasteiger partial charge in [-0.3, -0.25) is 0 Å². The quantitative estimate of drug-likeness (QED) is 0.806. The highest BCUT2D eigenvalue weighted by atomic mass is 32.2. The predicted molar refractivity (Wildman–Crippen MR) is 95.4 cm³/mol. The van der Waals surface area contributed by atoms with Crippen LogP contribution in [0.1, 0.15) is 44.7 Å². The van der Waals surface area contributed by atoms with Crippen LogP contribution in [0.2, 0.25) is 0 Å². The van der Waals surface area contributed by atoms with Crippen LogP contribution in [0.15, 0.2) is 24.3 Å². The van der Waals surface area contributed by atoms with E-state index < -0.39 is 38.2 Å². The summed E-state index contributed by atoms with van der Waals surface area (Å²) in [4.78, 5) is 24.0. The van der Waals surface area contributed by atoms with Crippen molar-refractivity contribution in [3.63, 3.8) is 0 Å². The third kappa shape index (κ3) is 4.03. The number of sulfone groups is 1. The molecule has 138 valence electrons. The molecule has 6 nitrogen and oxygen atoms in total. The number of carbonyl (C=O) groups is 2. The van der Waals surface area contributed by atoms with Crippen LogP contribution in [0.3, 0.4) is 0 Å². The maximum absolute atomic E-state index is 12.2. The van der Waals surface area contributed by atoms with Gasteiger partial charge in [-0.25, -0.2) is 13.2 Å². The van der Waals surface area contributed by atoms with Crippen molar-refractivity contribution in [1.29, 1.82) is 0 Å². The van der Waals surface area contributed by atoms with Gasteiger partial charge in [-0.15, -0.1) is 0 Å². The molecule has 7 heteroatoms. The van der Waals surface area contributed by atoms with E-state index in [-0.39, 0.29) is 0 Å². The van der Waals surface area contributed by atoms with Gasteiger partial charge in [0.2, 0.25) is 0 Å². The Hall–Kier alpha value is -1.89. The molecule has 0 spiro atoms. The zero-order valence-corrected chi connectivity index (χ0v) is 16.0. The lowest BCUT2D eigenvalue weighted by Crippen LogP contribution is -2.45. The summed E-state index contributed by atoms with van der Waals surface area (Å²) in [6, 6.07) is 7.42. The number of ether oxygens (including phenoxy) is 1. The zero-order chi connectivity index (χ0) is 19.0. The van der Waals surface area contributed by atoms with Gasteiger partial charge < -0.3 is 14.8 Å². The smallest absolute Gasteiger partial charge is 0.408 e. The van der Waals surface area contributed by atoms with Crippen molar-refractivity contribution in [2.45, 2.75) is 56.4 Å².